The Morgan fingerprint density at radius 1 is 1.32 bits per heavy atom. The van der Waals surface area contributed by atoms with Crippen LogP contribution in [0.3, 0.4) is 0 Å². The standard InChI is InChI=1S/C31H39N3O5S.Rb/c1-6-7-8-10-21-16-20(3)28(22-15-19(2)12-13-23(22)33(4)5)24(17-21)39-31(38)32-14-9-11-25-29(30(36)37)34-26(35)18-27(34)40-25;/h9,11,15-18,22-23,27H,4,6-8,10,12-14H2,1-3,5H3,(H,32,38)(H,36,37);/q;+1/b11-9+;/t22-,23-,27?;/m1./s1. The number of unbranched alkanes of at least 4 members (excludes halogenated alkanes) is 2. The molecule has 3 atom stereocenters. The molecule has 2 aliphatic heterocycles. The van der Waals surface area contributed by atoms with Crippen LogP contribution >= 0.6 is 11.8 Å². The molecule has 8 nitrogen and oxygen atoms in total. The average Bonchev–Trinajstić information content (AvgIpc) is 3.18. The molecule has 2 heterocycles. The monoisotopic (exact) mass is 650 g/mol. The SMILES string of the molecule is C=[N+](C)[C@@H]1CCC(C)=C[C@H]1c1c(C)cc(CCCCC)cc1OC(=O)NC/C=C/C1=C(C(=O)O)N2C(=O)[CH-]C2S1.[Rb+]. The van der Waals surface area contributed by atoms with Gasteiger partial charge in [0.15, 0.2) is 6.04 Å². The summed E-state index contributed by atoms with van der Waals surface area (Å²) in [7, 11) is 1.99. The fourth-order valence-electron chi connectivity index (χ4n) is 5.62. The second kappa shape index (κ2) is 15.2. The topological polar surface area (TPSA) is 98.9 Å². The van der Waals surface area contributed by atoms with Crippen molar-refractivity contribution in [2.24, 2.45) is 0 Å². The minimum Gasteiger partial charge on any atom is -0.477 e. The van der Waals surface area contributed by atoms with E-state index < -0.39 is 12.1 Å². The Kier molecular flexibility index (Phi) is 12.5. The first-order valence-electron chi connectivity index (χ1n) is 13.9. The number of ether oxygens (including phenoxy) is 1. The van der Waals surface area contributed by atoms with Crippen molar-refractivity contribution in [1.82, 2.24) is 10.2 Å². The van der Waals surface area contributed by atoms with E-state index in [9.17, 15) is 19.5 Å². The summed E-state index contributed by atoms with van der Waals surface area (Å²) in [5, 5.41) is 12.0. The summed E-state index contributed by atoms with van der Waals surface area (Å²) in [6.45, 7) is 10.7. The van der Waals surface area contributed by atoms with E-state index in [4.69, 9.17) is 4.74 Å². The van der Waals surface area contributed by atoms with Crippen LogP contribution in [0.25, 0.3) is 0 Å². The van der Waals surface area contributed by atoms with Crippen molar-refractivity contribution in [3.8, 4) is 5.75 Å². The molecule has 1 aromatic carbocycles. The van der Waals surface area contributed by atoms with Gasteiger partial charge in [-0.1, -0.05) is 43.6 Å². The minimum atomic E-state index is -1.15. The van der Waals surface area contributed by atoms with E-state index in [1.807, 2.05) is 17.7 Å². The fraction of sp³-hybridized carbons (Fsp3) is 0.452. The molecule has 1 aliphatic carbocycles. The molecule has 3 aliphatic rings. The largest absolute Gasteiger partial charge is 1.00 e. The predicted octanol–water partition coefficient (Wildman–Crippen LogP) is 2.33. The van der Waals surface area contributed by atoms with E-state index in [2.05, 4.69) is 44.9 Å². The number of thioether (sulfide) groups is 1. The van der Waals surface area contributed by atoms with E-state index in [1.165, 1.54) is 28.7 Å². The Morgan fingerprint density at radius 2 is 2.07 bits per heavy atom. The summed E-state index contributed by atoms with van der Waals surface area (Å²) in [6, 6.07) is 4.41. The van der Waals surface area contributed by atoms with E-state index >= 15 is 0 Å². The molecule has 214 valence electrons. The molecule has 0 radical (unpaired) electrons. The van der Waals surface area contributed by atoms with Crippen LogP contribution in [0.2, 0.25) is 0 Å². The third-order valence-electron chi connectivity index (χ3n) is 7.63. The zero-order chi connectivity index (χ0) is 29.0. The first kappa shape index (κ1) is 33.8. The van der Waals surface area contributed by atoms with Gasteiger partial charge in [0.25, 0.3) is 0 Å². The smallest absolute Gasteiger partial charge is 0.477 e. The second-order valence-corrected chi connectivity index (χ2v) is 11.9. The van der Waals surface area contributed by atoms with Crippen LogP contribution in [0.15, 0.2) is 46.5 Å². The molecule has 10 heteroatoms. The molecule has 1 unspecified atom stereocenters. The number of carboxylic acids is 1. The maximum Gasteiger partial charge on any atom is 1.00 e. The fourth-order valence-corrected chi connectivity index (χ4v) is 6.85. The quantitative estimate of drug-likeness (QED) is 0.0953. The van der Waals surface area contributed by atoms with E-state index in [-0.39, 0.29) is 93.7 Å². The van der Waals surface area contributed by atoms with Crippen LogP contribution in [-0.2, 0) is 16.0 Å². The number of β-lactam (4-membered cyclic amide) rings is 1. The number of fused-ring (bicyclic) bond motifs is 1. The van der Waals surface area contributed by atoms with Gasteiger partial charge in [-0.3, -0.25) is 6.42 Å². The van der Waals surface area contributed by atoms with Gasteiger partial charge >= 0.3 is 70.3 Å². The third-order valence-corrected chi connectivity index (χ3v) is 8.80. The summed E-state index contributed by atoms with van der Waals surface area (Å²) in [5.74, 6) is -0.840. The molecule has 0 aromatic heterocycles. The van der Waals surface area contributed by atoms with E-state index in [0.717, 1.165) is 55.2 Å². The average molecular weight is 651 g/mol. The van der Waals surface area contributed by atoms with Gasteiger partial charge in [-0.15, -0.1) is 11.8 Å². The number of carbonyl (C=O) groups excluding carboxylic acids is 2. The number of carbonyl (C=O) groups is 3. The molecule has 0 bridgehead atoms. The van der Waals surface area contributed by atoms with Crippen molar-refractivity contribution in [2.75, 3.05) is 13.6 Å². The van der Waals surface area contributed by atoms with Crippen LogP contribution in [-0.4, -0.2) is 64.3 Å². The predicted molar refractivity (Wildman–Crippen MR) is 158 cm³/mol. The van der Waals surface area contributed by atoms with Crippen LogP contribution in [0.5, 0.6) is 5.75 Å². The number of nitrogens with one attached hydrogen (secondary N) is 1. The first-order valence-corrected chi connectivity index (χ1v) is 14.8. The number of aryl methyl sites for hydroxylation is 2. The third kappa shape index (κ3) is 8.05. The molecule has 1 aromatic rings. The summed E-state index contributed by atoms with van der Waals surface area (Å²) < 4.78 is 7.96. The number of nitrogens with zero attached hydrogens (tertiary/aromatic N) is 2. The van der Waals surface area contributed by atoms with Gasteiger partial charge in [0.1, 0.15) is 25.2 Å². The van der Waals surface area contributed by atoms with Crippen molar-refractivity contribution in [3.05, 3.63) is 69.6 Å². The number of carboxylic acid groups (broad SMARTS) is 1. The van der Waals surface area contributed by atoms with Crippen molar-refractivity contribution in [3.63, 3.8) is 0 Å². The summed E-state index contributed by atoms with van der Waals surface area (Å²) in [4.78, 5) is 38.1. The molecule has 2 N–H and O–H groups in total. The van der Waals surface area contributed by atoms with Gasteiger partial charge in [-0.05, 0) is 61.8 Å². The molecule has 4 rings (SSSR count). The molecular formula is C31H39N3O5RbS+. The zero-order valence-electron chi connectivity index (χ0n) is 24.7. The van der Waals surface area contributed by atoms with Crippen molar-refractivity contribution in [2.45, 2.75) is 76.6 Å². The molecule has 2 amide bonds. The molecule has 1 saturated heterocycles. The van der Waals surface area contributed by atoms with Crippen LogP contribution < -0.4 is 68.2 Å². The van der Waals surface area contributed by atoms with Crippen molar-refractivity contribution >= 4 is 36.4 Å². The number of hydrogen-bond donors (Lipinski definition) is 2. The number of aliphatic carboxylic acids is 1. The number of amides is 2. The van der Waals surface area contributed by atoms with Gasteiger partial charge in [0, 0.05) is 23.4 Å². The Morgan fingerprint density at radius 3 is 2.73 bits per heavy atom. The van der Waals surface area contributed by atoms with Crippen LogP contribution in [0.4, 0.5) is 4.79 Å². The normalized spacial score (nSPS) is 21.5. The molecule has 41 heavy (non-hydrogen) atoms. The summed E-state index contributed by atoms with van der Waals surface area (Å²) >= 11 is 1.30. The Bertz CT molecular complexity index is 1300. The van der Waals surface area contributed by atoms with Crippen molar-refractivity contribution < 1.29 is 87.0 Å². The maximum absolute atomic E-state index is 13.0. The van der Waals surface area contributed by atoms with Crippen molar-refractivity contribution in [1.29, 1.82) is 0 Å². The number of rotatable bonds is 11. The van der Waals surface area contributed by atoms with Gasteiger partial charge in [-0.25, -0.2) is 14.2 Å². The minimum absolute atomic E-state index is 0. The second-order valence-electron chi connectivity index (χ2n) is 10.8. The van der Waals surface area contributed by atoms with E-state index in [1.54, 1.807) is 12.2 Å². The number of likely N-dealkylation sites (N-methyl/N-ethyl adjacent to an activating group) is 1. The van der Waals surface area contributed by atoms with Crippen LogP contribution in [0.1, 0.15) is 68.6 Å². The number of benzene rings is 1. The van der Waals surface area contributed by atoms with Crippen LogP contribution in [0, 0.1) is 13.3 Å². The molecule has 0 saturated carbocycles. The van der Waals surface area contributed by atoms with E-state index in [0.29, 0.717) is 10.7 Å². The van der Waals surface area contributed by atoms with Gasteiger partial charge in [0.05, 0.1) is 11.8 Å². The Hall–Kier alpha value is -1.65. The molecular weight excluding hydrogens is 612 g/mol. The van der Waals surface area contributed by atoms with Gasteiger partial charge in [0.2, 0.25) is 0 Å². The zero-order valence-corrected chi connectivity index (χ0v) is 30.5. The van der Waals surface area contributed by atoms with Gasteiger partial charge in [-0.2, -0.15) is 0 Å². The summed E-state index contributed by atoms with van der Waals surface area (Å²) in [5.41, 5.74) is 4.55. The Labute approximate surface area is 296 Å². The Balaban J connectivity index is 0.00000462. The molecule has 1 fully saturated rings. The molecule has 0 spiro atoms. The number of allylic oxidation sites excluding steroid dienone is 2. The number of hydrogen-bond acceptors (Lipinski definition) is 5. The first-order chi connectivity index (χ1) is 19.1. The summed E-state index contributed by atoms with van der Waals surface area (Å²) in [6.07, 6.45) is 12.8. The van der Waals surface area contributed by atoms with Gasteiger partial charge < -0.3 is 24.9 Å². The maximum atomic E-state index is 13.0.